The van der Waals surface area contributed by atoms with Crippen molar-refractivity contribution in [3.05, 3.63) is 29.8 Å². The first kappa shape index (κ1) is 19.8. The van der Waals surface area contributed by atoms with Gasteiger partial charge in [-0.3, -0.25) is 0 Å². The highest BCUT2D eigenvalue weighted by Gasteiger charge is 2.27. The third-order valence-corrected chi connectivity index (χ3v) is 5.72. The molecule has 2 heteroatoms. The van der Waals surface area contributed by atoms with Crippen LogP contribution in [-0.4, -0.2) is 6.61 Å². The molecule has 0 amide bonds. The second-order valence-corrected chi connectivity index (χ2v) is 7.71. The lowest BCUT2D eigenvalue weighted by Crippen LogP contribution is -2.22. The third kappa shape index (κ3) is 6.73. The van der Waals surface area contributed by atoms with Gasteiger partial charge in [0, 0.05) is 0 Å². The molecule has 1 aromatic rings. The first-order valence-electron chi connectivity index (χ1n) is 10.4. The van der Waals surface area contributed by atoms with Gasteiger partial charge in [-0.1, -0.05) is 64.5 Å². The molecule has 2 rings (SSSR count). The van der Waals surface area contributed by atoms with E-state index < -0.39 is 0 Å². The van der Waals surface area contributed by atoms with Crippen molar-refractivity contribution in [2.45, 2.75) is 78.1 Å². The van der Waals surface area contributed by atoms with Gasteiger partial charge in [0.2, 0.25) is 0 Å². The molecule has 0 aromatic heterocycles. The second-order valence-electron chi connectivity index (χ2n) is 7.71. The molecule has 2 nitrogen and oxygen atoms in total. The van der Waals surface area contributed by atoms with Crippen LogP contribution in [-0.2, 0) is 6.42 Å². The van der Waals surface area contributed by atoms with Crippen LogP contribution in [0.15, 0.2) is 24.3 Å². The number of hydrogen-bond donors (Lipinski definition) is 0. The molecular formula is C23H35NO. The standard InChI is InChI=1S/C23H35NO/c1-3-5-6-16-25-23-14-10-20(11-15-23)17-22(18-24)21-12-8-19(7-4-2)9-13-21/h10-11,14-15,19,21-22H,3-9,12-13,16-17H2,1-2H3/t19-,21-,22?. The van der Waals surface area contributed by atoms with Crippen molar-refractivity contribution >= 4 is 0 Å². The zero-order valence-corrected chi connectivity index (χ0v) is 16.2. The normalized spacial score (nSPS) is 21.5. The number of nitrogens with zero attached hydrogens (tertiary/aromatic N) is 1. The van der Waals surface area contributed by atoms with Crippen molar-refractivity contribution in [2.24, 2.45) is 17.8 Å². The summed E-state index contributed by atoms with van der Waals surface area (Å²) >= 11 is 0. The van der Waals surface area contributed by atoms with Crippen LogP contribution in [0.5, 0.6) is 5.75 Å². The Morgan fingerprint density at radius 1 is 1.04 bits per heavy atom. The lowest BCUT2D eigenvalue weighted by atomic mass is 9.73. The summed E-state index contributed by atoms with van der Waals surface area (Å²) in [5.74, 6) is 2.61. The monoisotopic (exact) mass is 341 g/mol. The van der Waals surface area contributed by atoms with Crippen LogP contribution in [0.4, 0.5) is 0 Å². The van der Waals surface area contributed by atoms with Crippen molar-refractivity contribution in [3.63, 3.8) is 0 Å². The molecule has 1 atom stereocenters. The van der Waals surface area contributed by atoms with Crippen molar-refractivity contribution in [2.75, 3.05) is 6.61 Å². The van der Waals surface area contributed by atoms with E-state index in [0.29, 0.717) is 5.92 Å². The molecule has 1 unspecified atom stereocenters. The number of benzene rings is 1. The van der Waals surface area contributed by atoms with Gasteiger partial charge in [0.15, 0.2) is 0 Å². The van der Waals surface area contributed by atoms with E-state index in [2.05, 4.69) is 44.2 Å². The van der Waals surface area contributed by atoms with Gasteiger partial charge in [0.05, 0.1) is 18.6 Å². The van der Waals surface area contributed by atoms with Gasteiger partial charge in [-0.25, -0.2) is 0 Å². The fourth-order valence-electron chi connectivity index (χ4n) is 4.12. The number of unbranched alkanes of at least 4 members (excludes halogenated alkanes) is 2. The predicted molar refractivity (Wildman–Crippen MR) is 105 cm³/mol. The molecule has 1 saturated carbocycles. The van der Waals surface area contributed by atoms with Crippen molar-refractivity contribution in [1.29, 1.82) is 5.26 Å². The van der Waals surface area contributed by atoms with E-state index in [1.165, 1.54) is 56.9 Å². The number of rotatable bonds is 10. The minimum atomic E-state index is 0.166. The molecular weight excluding hydrogens is 306 g/mol. The Balaban J connectivity index is 1.80. The van der Waals surface area contributed by atoms with E-state index in [0.717, 1.165) is 31.1 Å². The van der Waals surface area contributed by atoms with Gasteiger partial charge in [-0.15, -0.1) is 0 Å². The van der Waals surface area contributed by atoms with E-state index in [4.69, 9.17) is 4.74 Å². The maximum absolute atomic E-state index is 9.66. The van der Waals surface area contributed by atoms with E-state index >= 15 is 0 Å². The SMILES string of the molecule is CCCCCOc1ccc(CC(C#N)[C@H]2CC[C@H](CCC)CC2)cc1. The number of hydrogen-bond acceptors (Lipinski definition) is 2. The number of nitriles is 1. The summed E-state index contributed by atoms with van der Waals surface area (Å²) in [4.78, 5) is 0. The molecule has 0 N–H and O–H groups in total. The van der Waals surface area contributed by atoms with Crippen LogP contribution in [0.25, 0.3) is 0 Å². The third-order valence-electron chi connectivity index (χ3n) is 5.72. The quantitative estimate of drug-likeness (QED) is 0.452. The molecule has 0 bridgehead atoms. The predicted octanol–water partition coefficient (Wildman–Crippen LogP) is 6.54. The van der Waals surface area contributed by atoms with Gasteiger partial charge in [-0.2, -0.15) is 5.26 Å². The highest BCUT2D eigenvalue weighted by molar-refractivity contribution is 5.28. The summed E-state index contributed by atoms with van der Waals surface area (Å²) < 4.78 is 5.78. The Morgan fingerprint density at radius 3 is 2.36 bits per heavy atom. The summed E-state index contributed by atoms with van der Waals surface area (Å²) in [5, 5.41) is 9.66. The van der Waals surface area contributed by atoms with Gasteiger partial charge >= 0.3 is 0 Å². The first-order valence-corrected chi connectivity index (χ1v) is 10.4. The van der Waals surface area contributed by atoms with Gasteiger partial charge in [0.1, 0.15) is 5.75 Å². The lowest BCUT2D eigenvalue weighted by Gasteiger charge is -2.31. The zero-order valence-electron chi connectivity index (χ0n) is 16.2. The largest absolute Gasteiger partial charge is 0.494 e. The van der Waals surface area contributed by atoms with E-state index in [-0.39, 0.29) is 5.92 Å². The fourth-order valence-corrected chi connectivity index (χ4v) is 4.12. The van der Waals surface area contributed by atoms with Gasteiger partial charge in [-0.05, 0) is 55.2 Å². The summed E-state index contributed by atoms with van der Waals surface area (Å²) in [7, 11) is 0. The Labute approximate surface area is 154 Å². The molecule has 0 heterocycles. The zero-order chi connectivity index (χ0) is 17.9. The summed E-state index contributed by atoms with van der Waals surface area (Å²) in [6.45, 7) is 5.28. The van der Waals surface area contributed by atoms with Crippen LogP contribution >= 0.6 is 0 Å². The molecule has 0 saturated heterocycles. The van der Waals surface area contributed by atoms with Crippen LogP contribution in [0.3, 0.4) is 0 Å². The maximum atomic E-state index is 9.66. The molecule has 0 radical (unpaired) electrons. The first-order chi connectivity index (χ1) is 12.3. The smallest absolute Gasteiger partial charge is 0.119 e. The highest BCUT2D eigenvalue weighted by atomic mass is 16.5. The molecule has 138 valence electrons. The van der Waals surface area contributed by atoms with Crippen LogP contribution in [0.2, 0.25) is 0 Å². The summed E-state index contributed by atoms with van der Waals surface area (Å²) in [5.41, 5.74) is 1.27. The van der Waals surface area contributed by atoms with Gasteiger partial charge < -0.3 is 4.74 Å². The van der Waals surface area contributed by atoms with Gasteiger partial charge in [0.25, 0.3) is 0 Å². The average molecular weight is 342 g/mol. The molecule has 1 fully saturated rings. The minimum absolute atomic E-state index is 0.166. The summed E-state index contributed by atoms with van der Waals surface area (Å²) in [6, 6.07) is 11.0. The molecule has 0 spiro atoms. The van der Waals surface area contributed by atoms with Crippen molar-refractivity contribution in [3.8, 4) is 11.8 Å². The Bertz CT molecular complexity index is 508. The van der Waals surface area contributed by atoms with E-state index in [1.807, 2.05) is 0 Å². The van der Waals surface area contributed by atoms with Crippen molar-refractivity contribution < 1.29 is 4.74 Å². The van der Waals surface area contributed by atoms with Crippen LogP contribution < -0.4 is 4.74 Å². The number of ether oxygens (including phenoxy) is 1. The fraction of sp³-hybridized carbons (Fsp3) is 0.696. The molecule has 25 heavy (non-hydrogen) atoms. The topological polar surface area (TPSA) is 33.0 Å². The Kier molecular flexibility index (Phi) is 8.87. The van der Waals surface area contributed by atoms with Crippen LogP contribution in [0.1, 0.15) is 77.2 Å². The van der Waals surface area contributed by atoms with Crippen LogP contribution in [0, 0.1) is 29.1 Å². The summed E-state index contributed by atoms with van der Waals surface area (Å²) in [6.07, 6.45) is 12.2. The van der Waals surface area contributed by atoms with E-state index in [9.17, 15) is 5.26 Å². The Hall–Kier alpha value is -1.49. The molecule has 1 aliphatic carbocycles. The average Bonchev–Trinajstić information content (AvgIpc) is 2.65. The minimum Gasteiger partial charge on any atom is -0.494 e. The lowest BCUT2D eigenvalue weighted by molar-refractivity contribution is 0.223. The van der Waals surface area contributed by atoms with E-state index in [1.54, 1.807) is 0 Å². The Morgan fingerprint density at radius 2 is 1.76 bits per heavy atom. The molecule has 1 aliphatic rings. The molecule has 0 aliphatic heterocycles. The van der Waals surface area contributed by atoms with Crippen molar-refractivity contribution in [1.82, 2.24) is 0 Å². The highest BCUT2D eigenvalue weighted by Crippen LogP contribution is 2.36. The molecule has 1 aromatic carbocycles. The maximum Gasteiger partial charge on any atom is 0.119 e. The second kappa shape index (κ2) is 11.2.